The Kier molecular flexibility index (Phi) is 6.05. The third-order valence-corrected chi connectivity index (χ3v) is 10.4. The molecule has 5 saturated heterocycles. The SMILES string of the molecule is Nc1nc2c(-c3c(C(F)(F)F)cc4c(N5CC6CC(C5)N6)nc(OCC56CCCN5CCC6)nc4c3F)ccc(F)c2s1. The zero-order valence-electron chi connectivity index (χ0n) is 23.0. The molecule has 0 radical (unpaired) electrons. The van der Waals surface area contributed by atoms with Crippen LogP contribution in [0.25, 0.3) is 32.2 Å². The summed E-state index contributed by atoms with van der Waals surface area (Å²) in [4.78, 5) is 17.4. The number of piperidine rings is 1. The van der Waals surface area contributed by atoms with E-state index in [0.29, 0.717) is 19.7 Å². The first-order chi connectivity index (χ1) is 20.6. The fourth-order valence-corrected chi connectivity index (χ4v) is 8.29. The second-order valence-corrected chi connectivity index (χ2v) is 13.1. The predicted octanol–water partition coefficient (Wildman–Crippen LogP) is 5.34. The van der Waals surface area contributed by atoms with Gasteiger partial charge in [-0.05, 0) is 63.4 Å². The summed E-state index contributed by atoms with van der Waals surface area (Å²) in [5.41, 5.74) is 3.03. The molecule has 2 atom stereocenters. The number of fused-ring (bicyclic) bond motifs is 5. The largest absolute Gasteiger partial charge is 0.461 e. The van der Waals surface area contributed by atoms with Crippen LogP contribution >= 0.6 is 11.3 Å². The van der Waals surface area contributed by atoms with Crippen LogP contribution in [0, 0.1) is 11.6 Å². The maximum Gasteiger partial charge on any atom is 0.417 e. The predicted molar refractivity (Wildman–Crippen MR) is 153 cm³/mol. The average molecular weight is 618 g/mol. The number of alkyl halides is 3. The number of anilines is 2. The minimum atomic E-state index is -4.95. The van der Waals surface area contributed by atoms with Gasteiger partial charge in [0.25, 0.3) is 0 Å². The summed E-state index contributed by atoms with van der Waals surface area (Å²) >= 11 is 0.790. The molecule has 0 aliphatic carbocycles. The summed E-state index contributed by atoms with van der Waals surface area (Å²) in [6.07, 6.45) is 0.0757. The van der Waals surface area contributed by atoms with Crippen LogP contribution in [0.2, 0.25) is 0 Å². The van der Waals surface area contributed by atoms with Gasteiger partial charge in [0.15, 0.2) is 10.9 Å². The van der Waals surface area contributed by atoms with E-state index < -0.39 is 28.9 Å². The van der Waals surface area contributed by atoms with Gasteiger partial charge >= 0.3 is 12.2 Å². The lowest BCUT2D eigenvalue weighted by molar-refractivity contribution is -0.137. The van der Waals surface area contributed by atoms with Gasteiger partial charge in [0.1, 0.15) is 23.8 Å². The Bertz CT molecular complexity index is 1750. The van der Waals surface area contributed by atoms with Crippen molar-refractivity contribution in [3.05, 3.63) is 35.4 Å². The Hall–Kier alpha value is -3.36. The van der Waals surface area contributed by atoms with Crippen LogP contribution in [0.5, 0.6) is 6.01 Å². The average Bonchev–Trinajstić information content (AvgIpc) is 3.66. The molecule has 5 aliphatic heterocycles. The van der Waals surface area contributed by atoms with Crippen molar-refractivity contribution in [1.82, 2.24) is 25.2 Å². The zero-order chi connectivity index (χ0) is 29.7. The molecule has 4 aromatic rings. The van der Waals surface area contributed by atoms with Crippen molar-refractivity contribution < 1.29 is 26.7 Å². The van der Waals surface area contributed by atoms with E-state index in [1.54, 1.807) is 0 Å². The lowest BCUT2D eigenvalue weighted by Gasteiger charge is -2.48. The van der Waals surface area contributed by atoms with Crippen LogP contribution < -0.4 is 20.7 Å². The molecule has 2 unspecified atom stereocenters. The van der Waals surface area contributed by atoms with Crippen LogP contribution in [-0.4, -0.2) is 70.3 Å². The Morgan fingerprint density at radius 3 is 2.47 bits per heavy atom. The molecule has 0 saturated carbocycles. The first-order valence-electron chi connectivity index (χ1n) is 14.4. The molecule has 3 N–H and O–H groups in total. The van der Waals surface area contributed by atoms with E-state index in [0.717, 1.165) is 74.7 Å². The molecule has 7 heterocycles. The fraction of sp³-hybridized carbons (Fsp3) is 0.483. The lowest BCUT2D eigenvalue weighted by atomic mass is 9.90. The molecule has 226 valence electrons. The van der Waals surface area contributed by atoms with Gasteiger partial charge in [-0.3, -0.25) is 4.90 Å². The van der Waals surface area contributed by atoms with Gasteiger partial charge in [0.2, 0.25) is 0 Å². The minimum Gasteiger partial charge on any atom is -0.461 e. The summed E-state index contributed by atoms with van der Waals surface area (Å²) in [6.45, 7) is 3.32. The highest BCUT2D eigenvalue weighted by atomic mass is 32.1. The first kappa shape index (κ1) is 27.2. The second kappa shape index (κ2) is 9.57. The number of thiazole rings is 1. The topological polar surface area (TPSA) is 92.4 Å². The number of halogens is 5. The van der Waals surface area contributed by atoms with Gasteiger partial charge in [-0.2, -0.15) is 23.1 Å². The summed E-state index contributed by atoms with van der Waals surface area (Å²) in [5, 5.41) is 3.31. The smallest absolute Gasteiger partial charge is 0.417 e. The highest BCUT2D eigenvalue weighted by molar-refractivity contribution is 7.22. The molecule has 8 nitrogen and oxygen atoms in total. The van der Waals surface area contributed by atoms with E-state index in [2.05, 4.69) is 25.2 Å². The van der Waals surface area contributed by atoms with Crippen LogP contribution in [0.15, 0.2) is 18.2 Å². The van der Waals surface area contributed by atoms with Crippen LogP contribution in [0.4, 0.5) is 32.9 Å². The van der Waals surface area contributed by atoms with E-state index in [1.165, 1.54) is 0 Å². The van der Waals surface area contributed by atoms with E-state index in [-0.39, 0.29) is 61.3 Å². The molecule has 2 bridgehead atoms. The van der Waals surface area contributed by atoms with Gasteiger partial charge in [0, 0.05) is 41.7 Å². The van der Waals surface area contributed by atoms with Crippen LogP contribution in [0.1, 0.15) is 37.7 Å². The molecule has 5 fully saturated rings. The Morgan fingerprint density at radius 2 is 1.77 bits per heavy atom. The summed E-state index contributed by atoms with van der Waals surface area (Å²) in [6, 6.07) is 3.28. The quantitative estimate of drug-likeness (QED) is 0.290. The van der Waals surface area contributed by atoms with Gasteiger partial charge in [-0.1, -0.05) is 11.3 Å². The lowest BCUT2D eigenvalue weighted by Crippen LogP contribution is -2.67. The highest BCUT2D eigenvalue weighted by Crippen LogP contribution is 2.46. The van der Waals surface area contributed by atoms with Crippen molar-refractivity contribution in [2.24, 2.45) is 0 Å². The number of nitrogens with one attached hydrogen (secondary N) is 1. The number of hydrogen-bond donors (Lipinski definition) is 2. The highest BCUT2D eigenvalue weighted by Gasteiger charge is 2.45. The minimum absolute atomic E-state index is 0.0408. The molecule has 0 amide bonds. The van der Waals surface area contributed by atoms with Crippen molar-refractivity contribution in [2.75, 3.05) is 43.4 Å². The molecule has 14 heteroatoms. The monoisotopic (exact) mass is 617 g/mol. The number of nitrogens with zero attached hydrogens (tertiary/aromatic N) is 5. The van der Waals surface area contributed by atoms with Crippen molar-refractivity contribution in [2.45, 2.75) is 55.9 Å². The third-order valence-electron chi connectivity index (χ3n) is 9.48. The van der Waals surface area contributed by atoms with E-state index >= 15 is 4.39 Å². The number of nitrogen functional groups attached to an aromatic ring is 1. The number of rotatable bonds is 5. The maximum absolute atomic E-state index is 16.7. The summed E-state index contributed by atoms with van der Waals surface area (Å²) in [7, 11) is 0. The molecule has 9 rings (SSSR count). The van der Waals surface area contributed by atoms with E-state index in [9.17, 15) is 17.6 Å². The van der Waals surface area contributed by atoms with Gasteiger partial charge in [-0.15, -0.1) is 0 Å². The molecule has 2 aromatic carbocycles. The summed E-state index contributed by atoms with van der Waals surface area (Å²) in [5.74, 6) is -1.69. The van der Waals surface area contributed by atoms with Gasteiger partial charge in [0.05, 0.1) is 21.3 Å². The number of nitrogens with two attached hydrogens (primary N) is 1. The third kappa shape index (κ3) is 4.32. The molecule has 43 heavy (non-hydrogen) atoms. The second-order valence-electron chi connectivity index (χ2n) is 12.1. The van der Waals surface area contributed by atoms with Crippen LogP contribution in [-0.2, 0) is 6.18 Å². The summed E-state index contributed by atoms with van der Waals surface area (Å²) < 4.78 is 81.5. The van der Waals surface area contributed by atoms with E-state index in [4.69, 9.17) is 10.5 Å². The van der Waals surface area contributed by atoms with Crippen molar-refractivity contribution >= 4 is 43.4 Å². The van der Waals surface area contributed by atoms with Crippen molar-refractivity contribution in [1.29, 1.82) is 0 Å². The Morgan fingerprint density at radius 1 is 1.05 bits per heavy atom. The number of hydrogen-bond acceptors (Lipinski definition) is 9. The molecule has 0 spiro atoms. The number of ether oxygens (including phenoxy) is 1. The molecule has 5 aliphatic rings. The number of piperazine rings is 1. The zero-order valence-corrected chi connectivity index (χ0v) is 23.8. The van der Waals surface area contributed by atoms with Gasteiger partial charge in [-0.25, -0.2) is 13.8 Å². The molecular weight excluding hydrogens is 589 g/mol. The Balaban J connectivity index is 1.32. The van der Waals surface area contributed by atoms with Crippen molar-refractivity contribution in [3.63, 3.8) is 0 Å². The molecular formula is C29H28F5N7OS. The first-order valence-corrected chi connectivity index (χ1v) is 15.3. The normalized spacial score (nSPS) is 23.2. The number of benzene rings is 2. The van der Waals surface area contributed by atoms with Crippen LogP contribution in [0.3, 0.4) is 0 Å². The fourth-order valence-electron chi connectivity index (χ4n) is 7.52. The maximum atomic E-state index is 16.7. The van der Waals surface area contributed by atoms with Crippen molar-refractivity contribution in [3.8, 4) is 17.1 Å². The Labute approximate surface area is 247 Å². The van der Waals surface area contributed by atoms with E-state index in [1.807, 2.05) is 4.90 Å². The molecule has 2 aromatic heterocycles. The van der Waals surface area contributed by atoms with Gasteiger partial charge < -0.3 is 20.7 Å². The standard InChI is InChI=1S/C29H28F5N7OS/c30-19-4-3-16(23-24(19)43-26(35)37-23)20-18(29(32,33)34)10-17-22(21(20)31)38-27(39-25(17)40-11-14-9-15(12-40)36-14)42-13-28-5-1-7-41(28)8-2-6-28/h3-4,10,14-15,36H,1-2,5-9,11-13H2,(H2,35,37). The number of aromatic nitrogens is 3.